The van der Waals surface area contributed by atoms with Crippen LogP contribution < -0.4 is 0 Å². The normalized spacial score (nSPS) is 13.6. The highest BCUT2D eigenvalue weighted by Gasteiger charge is 2.27. The van der Waals surface area contributed by atoms with Gasteiger partial charge < -0.3 is 9.42 Å². The fraction of sp³-hybridized carbons (Fsp3) is 1.00. The number of rotatable bonds is 28. The van der Waals surface area contributed by atoms with Crippen LogP contribution in [0.4, 0.5) is 0 Å². The van der Waals surface area contributed by atoms with Crippen LogP contribution >= 0.6 is 7.75 Å². The van der Waals surface area contributed by atoms with E-state index in [4.69, 9.17) is 4.52 Å². The van der Waals surface area contributed by atoms with E-state index >= 15 is 0 Å². The molecule has 0 rings (SSSR count). The molecule has 0 spiro atoms. The van der Waals surface area contributed by atoms with Crippen LogP contribution in [0.1, 0.15) is 168 Å². The van der Waals surface area contributed by atoms with E-state index in [1.54, 1.807) is 4.67 Å². The Hall–Kier alpha value is 0.110. The van der Waals surface area contributed by atoms with Crippen molar-refractivity contribution in [1.29, 1.82) is 0 Å². The fourth-order valence-electron chi connectivity index (χ4n) is 4.75. The highest BCUT2D eigenvalue weighted by atomic mass is 31.2. The van der Waals surface area contributed by atoms with Gasteiger partial charge in [-0.15, -0.1) is 0 Å². The third-order valence-corrected chi connectivity index (χ3v) is 8.73. The van der Waals surface area contributed by atoms with Gasteiger partial charge in [0.1, 0.15) is 0 Å². The number of unbranched alkanes of at least 4 members (excludes halogenated alkanes) is 22. The van der Waals surface area contributed by atoms with Crippen molar-refractivity contribution in [3.05, 3.63) is 0 Å². The Morgan fingerprint density at radius 1 is 0.500 bits per heavy atom. The highest BCUT2D eigenvalue weighted by Crippen LogP contribution is 2.45. The van der Waals surface area contributed by atoms with Crippen molar-refractivity contribution in [2.24, 2.45) is 0 Å². The van der Waals surface area contributed by atoms with Crippen LogP contribution in [-0.4, -0.2) is 29.8 Å². The van der Waals surface area contributed by atoms with Crippen molar-refractivity contribution in [2.45, 2.75) is 168 Å². The second-order valence-corrected chi connectivity index (χ2v) is 12.3. The Balaban J connectivity index is 3.70. The van der Waals surface area contributed by atoms with Gasteiger partial charge in [-0.05, 0) is 12.8 Å². The minimum absolute atomic E-state index is 0.678. The lowest BCUT2D eigenvalue weighted by molar-refractivity contribution is 0.230. The zero-order chi connectivity index (χ0) is 25.2. The molecule has 1 atom stereocenters. The lowest BCUT2D eigenvalue weighted by Gasteiger charge is -2.25. The van der Waals surface area contributed by atoms with E-state index < -0.39 is 7.75 Å². The summed E-state index contributed by atoms with van der Waals surface area (Å²) in [4.78, 5) is 10.2. The summed E-state index contributed by atoms with van der Waals surface area (Å²) in [7, 11) is -2.26. The Morgan fingerprint density at radius 2 is 0.735 bits per heavy atom. The van der Waals surface area contributed by atoms with Gasteiger partial charge in [0.05, 0.1) is 0 Å². The summed E-state index contributed by atoms with van der Waals surface area (Å²) in [6, 6.07) is 0. The molecule has 0 saturated carbocycles. The lowest BCUT2D eigenvalue weighted by atomic mass is 10.1. The molecule has 1 unspecified atom stereocenters. The third-order valence-electron chi connectivity index (χ3n) is 7.13. The molecule has 4 nitrogen and oxygen atoms in total. The van der Waals surface area contributed by atoms with Crippen LogP contribution in [0.25, 0.3) is 0 Å². The van der Waals surface area contributed by atoms with E-state index in [2.05, 4.69) is 13.8 Å². The molecule has 0 radical (unpaired) electrons. The summed E-state index contributed by atoms with van der Waals surface area (Å²) in [5.41, 5.74) is 0. The zero-order valence-corrected chi connectivity index (χ0v) is 24.4. The first kappa shape index (κ1) is 34.1. The molecular formula is C29H62NO3P. The topological polar surface area (TPSA) is 49.8 Å². The van der Waals surface area contributed by atoms with Crippen molar-refractivity contribution in [3.63, 3.8) is 0 Å². The van der Waals surface area contributed by atoms with Crippen molar-refractivity contribution >= 4 is 7.75 Å². The lowest BCUT2D eigenvalue weighted by Crippen LogP contribution is -2.23. The van der Waals surface area contributed by atoms with Gasteiger partial charge in [-0.2, -0.15) is 0 Å². The average molecular weight is 504 g/mol. The quantitative estimate of drug-likeness (QED) is 0.0852. The third kappa shape index (κ3) is 22.6. The summed E-state index contributed by atoms with van der Waals surface area (Å²) in [6.45, 7) is 5.90. The fourth-order valence-corrected chi connectivity index (χ4v) is 5.77. The van der Waals surface area contributed by atoms with Crippen LogP contribution in [0.5, 0.6) is 0 Å². The smallest absolute Gasteiger partial charge is 0.312 e. The maximum absolute atomic E-state index is 12.4. The first-order valence-electron chi connectivity index (χ1n) is 15.2. The molecule has 0 aliphatic heterocycles. The van der Waals surface area contributed by atoms with Gasteiger partial charge >= 0.3 is 7.75 Å². The van der Waals surface area contributed by atoms with Gasteiger partial charge in [0.15, 0.2) is 0 Å². The molecule has 0 aromatic carbocycles. The van der Waals surface area contributed by atoms with Crippen LogP contribution in [0.3, 0.4) is 0 Å². The van der Waals surface area contributed by atoms with E-state index in [0.29, 0.717) is 13.1 Å². The summed E-state index contributed by atoms with van der Waals surface area (Å²) < 4.78 is 19.1. The molecule has 5 heteroatoms. The molecule has 0 amide bonds. The Morgan fingerprint density at radius 3 is 0.971 bits per heavy atom. The minimum atomic E-state index is -3.61. The standard InChI is InChI=1S/C29H62NO3P/c1-4-6-8-10-12-14-16-18-20-22-24-26-28-30(34(31,32)33-3)29-27-25-23-21-19-17-15-13-11-9-7-5-2/h4-29H2,1-3H3,(H,31,32). The molecular weight excluding hydrogens is 441 g/mol. The number of nitrogens with zero attached hydrogens (tertiary/aromatic N) is 1. The van der Waals surface area contributed by atoms with Gasteiger partial charge in [-0.25, -0.2) is 9.24 Å². The molecule has 0 saturated heterocycles. The Bertz CT molecular complexity index is 419. The summed E-state index contributed by atoms with van der Waals surface area (Å²) >= 11 is 0. The van der Waals surface area contributed by atoms with Crippen LogP contribution in [0.15, 0.2) is 0 Å². The largest absolute Gasteiger partial charge is 0.405 e. The molecule has 206 valence electrons. The average Bonchev–Trinajstić information content (AvgIpc) is 2.83. The summed E-state index contributed by atoms with van der Waals surface area (Å²) in [5, 5.41) is 0. The molecule has 0 aromatic heterocycles. The van der Waals surface area contributed by atoms with Gasteiger partial charge in [0.25, 0.3) is 0 Å². The number of hydrogen-bond donors (Lipinski definition) is 1. The van der Waals surface area contributed by atoms with E-state index in [1.165, 1.54) is 136 Å². The Kier molecular flexibility index (Phi) is 26.3. The molecule has 0 aromatic rings. The molecule has 0 heterocycles. The molecule has 0 fully saturated rings. The van der Waals surface area contributed by atoms with E-state index in [-0.39, 0.29) is 0 Å². The first-order valence-corrected chi connectivity index (χ1v) is 16.8. The minimum Gasteiger partial charge on any atom is -0.312 e. The van der Waals surface area contributed by atoms with Gasteiger partial charge in [-0.1, -0.05) is 155 Å². The van der Waals surface area contributed by atoms with Crippen molar-refractivity contribution < 1.29 is 14.0 Å². The molecule has 0 aliphatic rings. The van der Waals surface area contributed by atoms with Crippen molar-refractivity contribution in [3.8, 4) is 0 Å². The molecule has 0 aliphatic carbocycles. The SMILES string of the molecule is CCCCCCCCCCCCCCN(CCCCCCCCCCCCCC)P(=O)(O)OC. The molecule has 34 heavy (non-hydrogen) atoms. The summed E-state index contributed by atoms with van der Waals surface area (Å²) in [6.07, 6.45) is 31.4. The van der Waals surface area contributed by atoms with Crippen LogP contribution in [-0.2, 0) is 9.09 Å². The second kappa shape index (κ2) is 26.2. The second-order valence-electron chi connectivity index (χ2n) is 10.4. The van der Waals surface area contributed by atoms with Gasteiger partial charge in [0, 0.05) is 20.2 Å². The van der Waals surface area contributed by atoms with Crippen LogP contribution in [0, 0.1) is 0 Å². The van der Waals surface area contributed by atoms with Gasteiger partial charge in [-0.3, -0.25) is 0 Å². The molecule has 1 N–H and O–H groups in total. The zero-order valence-electron chi connectivity index (χ0n) is 23.5. The van der Waals surface area contributed by atoms with Gasteiger partial charge in [0.2, 0.25) is 0 Å². The monoisotopic (exact) mass is 503 g/mol. The van der Waals surface area contributed by atoms with E-state index in [0.717, 1.165) is 25.7 Å². The predicted molar refractivity (Wildman–Crippen MR) is 151 cm³/mol. The predicted octanol–water partition coefficient (Wildman–Crippen LogP) is 10.4. The Labute approximate surface area is 214 Å². The number of hydrogen-bond acceptors (Lipinski definition) is 2. The van der Waals surface area contributed by atoms with Crippen molar-refractivity contribution in [2.75, 3.05) is 20.2 Å². The maximum Gasteiger partial charge on any atom is 0.405 e. The van der Waals surface area contributed by atoms with Crippen molar-refractivity contribution in [1.82, 2.24) is 4.67 Å². The van der Waals surface area contributed by atoms with E-state index in [9.17, 15) is 9.46 Å². The molecule has 0 bridgehead atoms. The van der Waals surface area contributed by atoms with E-state index in [1.807, 2.05) is 0 Å². The summed E-state index contributed by atoms with van der Waals surface area (Å²) in [5.74, 6) is 0. The first-order chi connectivity index (χ1) is 16.6. The maximum atomic E-state index is 12.4. The highest BCUT2D eigenvalue weighted by molar-refractivity contribution is 7.50. The van der Waals surface area contributed by atoms with Crippen LogP contribution in [0.2, 0.25) is 0 Å².